The molecule has 2 heterocycles. The number of nitrogens with zero attached hydrogens (tertiary/aromatic N) is 2. The van der Waals surface area contributed by atoms with E-state index in [1.807, 2.05) is 32.0 Å². The van der Waals surface area contributed by atoms with Crippen molar-refractivity contribution in [1.82, 2.24) is 4.98 Å². The highest BCUT2D eigenvalue weighted by Gasteiger charge is 2.20. The van der Waals surface area contributed by atoms with Crippen LogP contribution in [0.15, 0.2) is 44.3 Å². The number of anilines is 2. The Balaban J connectivity index is 2.17. The molecule has 0 spiro atoms. The van der Waals surface area contributed by atoms with Crippen molar-refractivity contribution < 1.29 is 4.42 Å². The highest BCUT2D eigenvalue weighted by atomic mass is 79.9. The number of aryl methyl sites for hydroxylation is 1. The largest absolute Gasteiger partial charge is 0.440 e. The van der Waals surface area contributed by atoms with Crippen LogP contribution in [0.3, 0.4) is 0 Å². The van der Waals surface area contributed by atoms with Gasteiger partial charge in [0.05, 0.1) is 22.7 Å². The van der Waals surface area contributed by atoms with Crippen molar-refractivity contribution in [2.24, 2.45) is 0 Å². The molecule has 5 nitrogen and oxygen atoms in total. The van der Waals surface area contributed by atoms with E-state index < -0.39 is 0 Å². The fourth-order valence-electron chi connectivity index (χ4n) is 3.66. The van der Waals surface area contributed by atoms with Gasteiger partial charge in [-0.3, -0.25) is 4.79 Å². The molecule has 1 atom stereocenters. The molecule has 0 bridgehead atoms. The molecule has 0 amide bonds. The van der Waals surface area contributed by atoms with E-state index in [9.17, 15) is 4.79 Å². The van der Waals surface area contributed by atoms with Gasteiger partial charge in [-0.15, -0.1) is 0 Å². The standard InChI is InChI=1S/C23H28BrN3O2/c1-6-11-27(7-2)23-15(4)20(28)18-13-14(3)12-17(21(18)29-23)16(5)26-19-9-8-10-25-22(19)24/h8-10,12-13,16,26H,6-7,11H2,1-5H3. The minimum atomic E-state index is -0.0714. The summed E-state index contributed by atoms with van der Waals surface area (Å²) in [5.41, 5.74) is 4.24. The summed E-state index contributed by atoms with van der Waals surface area (Å²) in [4.78, 5) is 19.6. The van der Waals surface area contributed by atoms with E-state index in [2.05, 4.69) is 58.0 Å². The number of hydrogen-bond donors (Lipinski definition) is 1. The Morgan fingerprint density at radius 2 is 2.03 bits per heavy atom. The minimum Gasteiger partial charge on any atom is -0.440 e. The zero-order chi connectivity index (χ0) is 21.1. The normalized spacial score (nSPS) is 12.2. The average Bonchev–Trinajstić information content (AvgIpc) is 2.70. The fraction of sp³-hybridized carbons (Fsp3) is 0.391. The van der Waals surface area contributed by atoms with Crippen LogP contribution in [0.4, 0.5) is 11.6 Å². The quantitative estimate of drug-likeness (QED) is 0.442. The molecular weight excluding hydrogens is 430 g/mol. The molecule has 2 aromatic heterocycles. The summed E-state index contributed by atoms with van der Waals surface area (Å²) >= 11 is 3.49. The van der Waals surface area contributed by atoms with Crippen molar-refractivity contribution in [3.05, 3.63) is 62.0 Å². The predicted octanol–water partition coefficient (Wildman–Crippen LogP) is 5.98. The zero-order valence-corrected chi connectivity index (χ0v) is 19.3. The number of benzene rings is 1. The van der Waals surface area contributed by atoms with Crippen molar-refractivity contribution in [1.29, 1.82) is 0 Å². The molecule has 0 saturated heterocycles. The van der Waals surface area contributed by atoms with Crippen molar-refractivity contribution in [3.8, 4) is 0 Å². The molecule has 1 unspecified atom stereocenters. The topological polar surface area (TPSA) is 58.4 Å². The predicted molar refractivity (Wildman–Crippen MR) is 124 cm³/mol. The highest BCUT2D eigenvalue weighted by Crippen LogP contribution is 2.32. The van der Waals surface area contributed by atoms with Crippen LogP contribution in [-0.4, -0.2) is 18.1 Å². The number of pyridine rings is 1. The number of rotatable bonds is 7. The maximum Gasteiger partial charge on any atom is 0.202 e. The highest BCUT2D eigenvalue weighted by molar-refractivity contribution is 9.10. The van der Waals surface area contributed by atoms with Gasteiger partial charge >= 0.3 is 0 Å². The molecule has 3 rings (SSSR count). The van der Waals surface area contributed by atoms with Gasteiger partial charge in [0, 0.05) is 24.8 Å². The maximum atomic E-state index is 13.2. The molecule has 29 heavy (non-hydrogen) atoms. The first kappa shape index (κ1) is 21.4. The Hall–Kier alpha value is -2.34. The number of aromatic nitrogens is 1. The molecule has 0 fully saturated rings. The first-order valence-electron chi connectivity index (χ1n) is 10.1. The van der Waals surface area contributed by atoms with Crippen molar-refractivity contribution in [2.75, 3.05) is 23.3 Å². The summed E-state index contributed by atoms with van der Waals surface area (Å²) in [6.45, 7) is 11.8. The van der Waals surface area contributed by atoms with Gasteiger partial charge in [0.1, 0.15) is 10.2 Å². The fourth-order valence-corrected chi connectivity index (χ4v) is 4.02. The van der Waals surface area contributed by atoms with Crippen LogP contribution in [-0.2, 0) is 0 Å². The molecule has 1 N–H and O–H groups in total. The van der Waals surface area contributed by atoms with Gasteiger partial charge < -0.3 is 14.6 Å². The summed E-state index contributed by atoms with van der Waals surface area (Å²) in [5.74, 6) is 0.673. The zero-order valence-electron chi connectivity index (χ0n) is 17.7. The number of hydrogen-bond acceptors (Lipinski definition) is 5. The third-order valence-corrected chi connectivity index (χ3v) is 5.76. The molecule has 0 aliphatic carbocycles. The van der Waals surface area contributed by atoms with E-state index in [0.29, 0.717) is 22.4 Å². The summed E-state index contributed by atoms with van der Waals surface area (Å²) in [7, 11) is 0. The molecule has 0 radical (unpaired) electrons. The minimum absolute atomic E-state index is 0.0375. The van der Waals surface area contributed by atoms with Crippen LogP contribution >= 0.6 is 15.9 Å². The Morgan fingerprint density at radius 3 is 2.69 bits per heavy atom. The van der Waals surface area contributed by atoms with E-state index in [-0.39, 0.29) is 11.5 Å². The molecule has 0 saturated carbocycles. The third-order valence-electron chi connectivity index (χ3n) is 5.13. The van der Waals surface area contributed by atoms with Gasteiger partial charge in [-0.1, -0.05) is 13.0 Å². The lowest BCUT2D eigenvalue weighted by Crippen LogP contribution is -2.26. The van der Waals surface area contributed by atoms with E-state index >= 15 is 0 Å². The lowest BCUT2D eigenvalue weighted by atomic mass is 10.0. The Labute approximate surface area is 180 Å². The van der Waals surface area contributed by atoms with Crippen molar-refractivity contribution in [2.45, 2.75) is 47.1 Å². The summed E-state index contributed by atoms with van der Waals surface area (Å²) in [6.07, 6.45) is 2.73. The molecule has 0 aliphatic heterocycles. The van der Waals surface area contributed by atoms with Gasteiger partial charge in [-0.2, -0.15) is 0 Å². The molecular formula is C23H28BrN3O2. The van der Waals surface area contributed by atoms with Crippen LogP contribution in [0, 0.1) is 13.8 Å². The molecule has 6 heteroatoms. The maximum absolute atomic E-state index is 13.2. The van der Waals surface area contributed by atoms with Crippen LogP contribution in [0.1, 0.15) is 49.9 Å². The Morgan fingerprint density at radius 1 is 1.28 bits per heavy atom. The summed E-state index contributed by atoms with van der Waals surface area (Å²) in [5, 5.41) is 4.11. The second-order valence-corrected chi connectivity index (χ2v) is 8.13. The SMILES string of the molecule is CCCN(CC)c1oc2c(C(C)Nc3cccnc3Br)cc(C)cc2c(=O)c1C. The van der Waals surface area contributed by atoms with E-state index in [0.717, 1.165) is 40.9 Å². The molecule has 0 aliphatic rings. The number of halogens is 1. The molecule has 154 valence electrons. The van der Waals surface area contributed by atoms with E-state index in [1.165, 1.54) is 0 Å². The summed E-state index contributed by atoms with van der Waals surface area (Å²) in [6, 6.07) is 7.79. The second-order valence-electron chi connectivity index (χ2n) is 7.38. The van der Waals surface area contributed by atoms with Crippen molar-refractivity contribution >= 4 is 38.5 Å². The van der Waals surface area contributed by atoms with Gasteiger partial charge in [0.2, 0.25) is 5.88 Å². The molecule has 3 aromatic rings. The first-order chi connectivity index (χ1) is 13.9. The average molecular weight is 458 g/mol. The van der Waals surface area contributed by atoms with Gasteiger partial charge in [0.25, 0.3) is 0 Å². The monoisotopic (exact) mass is 457 g/mol. The van der Waals surface area contributed by atoms with E-state index in [4.69, 9.17) is 4.42 Å². The Kier molecular flexibility index (Phi) is 6.63. The third kappa shape index (κ3) is 4.32. The summed E-state index contributed by atoms with van der Waals surface area (Å²) < 4.78 is 7.16. The van der Waals surface area contributed by atoms with Gasteiger partial charge in [0.15, 0.2) is 5.43 Å². The van der Waals surface area contributed by atoms with E-state index in [1.54, 1.807) is 6.20 Å². The second kappa shape index (κ2) is 8.99. The van der Waals surface area contributed by atoms with Crippen LogP contribution in [0.25, 0.3) is 11.0 Å². The number of nitrogens with one attached hydrogen (secondary N) is 1. The van der Waals surface area contributed by atoms with Crippen LogP contribution < -0.4 is 15.6 Å². The van der Waals surface area contributed by atoms with Crippen molar-refractivity contribution in [3.63, 3.8) is 0 Å². The smallest absolute Gasteiger partial charge is 0.202 e. The number of fused-ring (bicyclic) bond motifs is 1. The van der Waals surface area contributed by atoms with Crippen LogP contribution in [0.2, 0.25) is 0 Å². The van der Waals surface area contributed by atoms with Gasteiger partial charge in [-0.25, -0.2) is 4.98 Å². The van der Waals surface area contributed by atoms with Crippen LogP contribution in [0.5, 0.6) is 0 Å². The first-order valence-corrected chi connectivity index (χ1v) is 10.9. The lowest BCUT2D eigenvalue weighted by molar-refractivity contribution is 0.561. The lowest BCUT2D eigenvalue weighted by Gasteiger charge is -2.24. The Bertz CT molecular complexity index is 1080. The molecule has 1 aromatic carbocycles. The van der Waals surface area contributed by atoms with Gasteiger partial charge in [-0.05, 0) is 73.8 Å².